The lowest BCUT2D eigenvalue weighted by atomic mass is 10.3. The Morgan fingerprint density at radius 3 is 2.46 bits per heavy atom. The number of nitrogens with zero attached hydrogens (tertiary/aromatic N) is 2. The molecule has 1 aromatic heterocycles. The number of H-pyrrole nitrogens is 1. The minimum absolute atomic E-state index is 0.0642. The van der Waals surface area contributed by atoms with Crippen molar-refractivity contribution in [2.45, 2.75) is 11.3 Å². The number of hydrogen-bond acceptors (Lipinski definition) is 3. The first-order valence-corrected chi connectivity index (χ1v) is 9.10. The number of aromatic nitrogens is 1. The molecule has 1 aliphatic heterocycles. The van der Waals surface area contributed by atoms with Gasteiger partial charge in [0.1, 0.15) is 5.82 Å². The molecular formula is C16H18FN3O3S. The Bertz CT molecular complexity index is 804. The number of rotatable bonds is 3. The number of aromatic amines is 1. The Labute approximate surface area is 139 Å². The van der Waals surface area contributed by atoms with E-state index in [4.69, 9.17) is 0 Å². The molecule has 1 aromatic carbocycles. The van der Waals surface area contributed by atoms with Crippen LogP contribution in [0.4, 0.5) is 4.39 Å². The van der Waals surface area contributed by atoms with Gasteiger partial charge in [0.2, 0.25) is 10.0 Å². The van der Waals surface area contributed by atoms with Gasteiger partial charge in [0, 0.05) is 38.6 Å². The number of nitrogens with one attached hydrogen (secondary N) is 1. The number of amides is 1. The smallest absolute Gasteiger partial charge is 0.255 e. The predicted octanol–water partition coefficient (Wildman–Crippen LogP) is 1.69. The summed E-state index contributed by atoms with van der Waals surface area (Å²) < 4.78 is 39.7. The molecule has 0 atom stereocenters. The van der Waals surface area contributed by atoms with E-state index in [9.17, 15) is 17.6 Å². The van der Waals surface area contributed by atoms with E-state index >= 15 is 0 Å². The van der Waals surface area contributed by atoms with Gasteiger partial charge in [-0.3, -0.25) is 4.79 Å². The van der Waals surface area contributed by atoms with Gasteiger partial charge in [-0.05, 0) is 36.8 Å². The molecule has 2 heterocycles. The quantitative estimate of drug-likeness (QED) is 0.915. The number of halogens is 1. The zero-order chi connectivity index (χ0) is 17.2. The van der Waals surface area contributed by atoms with Crippen molar-refractivity contribution in [2.24, 2.45) is 0 Å². The second-order valence-corrected chi connectivity index (χ2v) is 7.54. The van der Waals surface area contributed by atoms with E-state index in [1.807, 2.05) is 0 Å². The van der Waals surface area contributed by atoms with E-state index in [2.05, 4.69) is 4.98 Å². The van der Waals surface area contributed by atoms with Crippen LogP contribution >= 0.6 is 0 Å². The third kappa shape index (κ3) is 3.34. The molecule has 1 N–H and O–H groups in total. The van der Waals surface area contributed by atoms with Crippen molar-refractivity contribution in [1.82, 2.24) is 14.2 Å². The fourth-order valence-corrected chi connectivity index (χ4v) is 4.20. The second-order valence-electron chi connectivity index (χ2n) is 5.60. The summed E-state index contributed by atoms with van der Waals surface area (Å²) in [4.78, 5) is 16.9. The normalized spacial score (nSPS) is 16.8. The molecule has 2 aromatic rings. The molecule has 0 spiro atoms. The van der Waals surface area contributed by atoms with Crippen molar-refractivity contribution in [3.05, 3.63) is 54.1 Å². The van der Waals surface area contributed by atoms with Crippen molar-refractivity contribution in [3.8, 4) is 0 Å². The molecule has 1 aliphatic rings. The lowest BCUT2D eigenvalue weighted by Crippen LogP contribution is -2.37. The van der Waals surface area contributed by atoms with Crippen molar-refractivity contribution in [3.63, 3.8) is 0 Å². The van der Waals surface area contributed by atoms with Gasteiger partial charge in [0.25, 0.3) is 5.91 Å². The van der Waals surface area contributed by atoms with Crippen molar-refractivity contribution in [1.29, 1.82) is 0 Å². The number of hydrogen-bond donors (Lipinski definition) is 1. The topological polar surface area (TPSA) is 73.5 Å². The van der Waals surface area contributed by atoms with Crippen LogP contribution in [0.25, 0.3) is 0 Å². The van der Waals surface area contributed by atoms with Crippen LogP contribution in [0.3, 0.4) is 0 Å². The Balaban J connectivity index is 1.73. The highest BCUT2D eigenvalue weighted by atomic mass is 32.2. The van der Waals surface area contributed by atoms with Gasteiger partial charge in [-0.2, -0.15) is 4.31 Å². The van der Waals surface area contributed by atoms with Crippen molar-refractivity contribution < 1.29 is 17.6 Å². The SMILES string of the molecule is O=C(c1cc[nH]c1)N1CCCN(S(=O)(=O)c2ccc(F)cc2)CC1. The van der Waals surface area contributed by atoms with Gasteiger partial charge >= 0.3 is 0 Å². The summed E-state index contributed by atoms with van der Waals surface area (Å²) in [5.41, 5.74) is 0.560. The maximum atomic E-state index is 13.0. The summed E-state index contributed by atoms with van der Waals surface area (Å²) >= 11 is 0. The summed E-state index contributed by atoms with van der Waals surface area (Å²) in [5, 5.41) is 0. The Morgan fingerprint density at radius 2 is 1.79 bits per heavy atom. The van der Waals surface area contributed by atoms with Crippen LogP contribution in [0, 0.1) is 5.82 Å². The first kappa shape index (κ1) is 16.7. The summed E-state index contributed by atoms with van der Waals surface area (Å²) in [7, 11) is -3.68. The number of sulfonamides is 1. The molecule has 128 valence electrons. The summed E-state index contributed by atoms with van der Waals surface area (Å²) in [5.74, 6) is -0.592. The summed E-state index contributed by atoms with van der Waals surface area (Å²) in [6, 6.07) is 6.48. The lowest BCUT2D eigenvalue weighted by Gasteiger charge is -2.21. The molecule has 0 unspecified atom stereocenters. The second kappa shape index (κ2) is 6.74. The standard InChI is InChI=1S/C16H18FN3O3S/c17-14-2-4-15(5-3-14)24(22,23)20-9-1-8-19(10-11-20)16(21)13-6-7-18-12-13/h2-7,12,18H,1,8-11H2. The van der Waals surface area contributed by atoms with Crippen molar-refractivity contribution >= 4 is 15.9 Å². The van der Waals surface area contributed by atoms with E-state index in [-0.39, 0.29) is 17.3 Å². The van der Waals surface area contributed by atoms with Crippen LogP contribution < -0.4 is 0 Å². The van der Waals surface area contributed by atoms with Crippen LogP contribution in [0.2, 0.25) is 0 Å². The molecule has 1 saturated heterocycles. The van der Waals surface area contributed by atoms with Crippen LogP contribution in [0.15, 0.2) is 47.6 Å². The van der Waals surface area contributed by atoms with Gasteiger partial charge in [-0.15, -0.1) is 0 Å². The third-order valence-corrected chi connectivity index (χ3v) is 5.95. The first-order valence-electron chi connectivity index (χ1n) is 7.66. The fourth-order valence-electron chi connectivity index (χ4n) is 2.73. The van der Waals surface area contributed by atoms with Crippen molar-refractivity contribution in [2.75, 3.05) is 26.2 Å². The minimum Gasteiger partial charge on any atom is -0.367 e. The first-order chi connectivity index (χ1) is 11.5. The molecule has 8 heteroatoms. The molecular weight excluding hydrogens is 333 g/mol. The summed E-state index contributed by atoms with van der Waals surface area (Å²) in [6.07, 6.45) is 3.85. The molecule has 0 radical (unpaired) electrons. The number of carbonyl (C=O) groups is 1. The van der Waals surface area contributed by atoms with Crippen LogP contribution in [-0.4, -0.2) is 54.7 Å². The summed E-state index contributed by atoms with van der Waals surface area (Å²) in [6.45, 7) is 1.37. The van der Waals surface area contributed by atoms with Crippen LogP contribution in [-0.2, 0) is 10.0 Å². The Kier molecular flexibility index (Phi) is 4.68. The number of carbonyl (C=O) groups excluding carboxylic acids is 1. The largest absolute Gasteiger partial charge is 0.367 e. The molecule has 1 fully saturated rings. The van der Waals surface area contributed by atoms with Crippen LogP contribution in [0.1, 0.15) is 16.8 Å². The molecule has 1 amide bonds. The average molecular weight is 351 g/mol. The third-order valence-electron chi connectivity index (χ3n) is 4.04. The van der Waals surface area contributed by atoms with E-state index in [0.29, 0.717) is 31.6 Å². The Morgan fingerprint density at radius 1 is 1.04 bits per heavy atom. The van der Waals surface area contributed by atoms with E-state index in [0.717, 1.165) is 12.1 Å². The van der Waals surface area contributed by atoms with Gasteiger partial charge in [-0.1, -0.05) is 0 Å². The molecule has 6 nitrogen and oxygen atoms in total. The zero-order valence-electron chi connectivity index (χ0n) is 13.0. The average Bonchev–Trinajstić information content (AvgIpc) is 2.98. The van der Waals surface area contributed by atoms with Crippen LogP contribution in [0.5, 0.6) is 0 Å². The van der Waals surface area contributed by atoms with Gasteiger partial charge < -0.3 is 9.88 Å². The highest BCUT2D eigenvalue weighted by Crippen LogP contribution is 2.19. The monoisotopic (exact) mass is 351 g/mol. The highest BCUT2D eigenvalue weighted by molar-refractivity contribution is 7.89. The maximum Gasteiger partial charge on any atom is 0.255 e. The number of benzene rings is 1. The highest BCUT2D eigenvalue weighted by Gasteiger charge is 2.28. The molecule has 24 heavy (non-hydrogen) atoms. The molecule has 3 rings (SSSR count). The van der Waals surface area contributed by atoms with Gasteiger partial charge in [-0.25, -0.2) is 12.8 Å². The van der Waals surface area contributed by atoms with E-state index in [1.165, 1.54) is 16.4 Å². The fraction of sp³-hybridized carbons (Fsp3) is 0.312. The maximum absolute atomic E-state index is 13.0. The predicted molar refractivity (Wildman–Crippen MR) is 86.5 cm³/mol. The van der Waals surface area contributed by atoms with E-state index in [1.54, 1.807) is 23.4 Å². The Hall–Kier alpha value is -2.19. The van der Waals surface area contributed by atoms with E-state index < -0.39 is 15.8 Å². The zero-order valence-corrected chi connectivity index (χ0v) is 13.8. The molecule has 0 aliphatic carbocycles. The lowest BCUT2D eigenvalue weighted by molar-refractivity contribution is 0.0764. The minimum atomic E-state index is -3.68. The van der Waals surface area contributed by atoms with Gasteiger partial charge in [0.05, 0.1) is 10.5 Å². The molecule has 0 saturated carbocycles. The molecule has 0 bridgehead atoms. The van der Waals surface area contributed by atoms with Gasteiger partial charge in [0.15, 0.2) is 0 Å².